The standard InChI is InChI=1S/C40H20N6O4S4/c1-45-37(47)23-5-3-17(11-27(23)39(45)49)21-7-9-25(35-33(21)41-53-43-35)31-15-19-13-30-20(14-29(19)51-31)16-32(52-30)26-10-8-22(34-36(26)44-54-42-34)18-4-6-24-28(12-18)40(50)46(2)38(24)48/h3-16H,1-2H3. The van der Waals surface area contributed by atoms with Crippen LogP contribution in [0.2, 0.25) is 0 Å². The maximum Gasteiger partial charge on any atom is 0.261 e. The summed E-state index contributed by atoms with van der Waals surface area (Å²) in [5.74, 6) is -1.18. The Morgan fingerprint density at radius 2 is 0.759 bits per heavy atom. The number of thiophene rings is 2. The van der Waals surface area contributed by atoms with Crippen LogP contribution >= 0.6 is 46.1 Å². The minimum Gasteiger partial charge on any atom is -0.277 e. The molecule has 10 nitrogen and oxygen atoms in total. The summed E-state index contributed by atoms with van der Waals surface area (Å²) in [6.45, 7) is 0. The molecule has 0 aliphatic carbocycles. The van der Waals surface area contributed by atoms with E-state index in [1.165, 1.54) is 14.1 Å². The summed E-state index contributed by atoms with van der Waals surface area (Å²) in [5, 5.41) is 2.27. The van der Waals surface area contributed by atoms with Crippen LogP contribution in [0.5, 0.6) is 0 Å². The van der Waals surface area contributed by atoms with E-state index in [4.69, 9.17) is 8.75 Å². The van der Waals surface area contributed by atoms with E-state index in [9.17, 15) is 19.2 Å². The van der Waals surface area contributed by atoms with Gasteiger partial charge in [0.05, 0.1) is 45.7 Å². The second kappa shape index (κ2) is 11.2. The number of fused-ring (bicyclic) bond motifs is 6. The van der Waals surface area contributed by atoms with Gasteiger partial charge in [0.1, 0.15) is 22.1 Å². The van der Waals surface area contributed by atoms with Gasteiger partial charge in [-0.05, 0) is 70.4 Å². The Morgan fingerprint density at radius 3 is 1.19 bits per heavy atom. The fourth-order valence-electron chi connectivity index (χ4n) is 7.49. The Morgan fingerprint density at radius 1 is 0.407 bits per heavy atom. The number of benzene rings is 5. The summed E-state index contributed by atoms with van der Waals surface area (Å²) >= 11 is 5.72. The van der Waals surface area contributed by atoms with Gasteiger partial charge in [0.15, 0.2) is 0 Å². The first-order valence-corrected chi connectivity index (χ1v) is 19.7. The predicted octanol–water partition coefficient (Wildman–Crippen LogP) is 9.24. The molecule has 14 heteroatoms. The first-order chi connectivity index (χ1) is 26.2. The number of aromatic nitrogens is 4. The van der Waals surface area contributed by atoms with Crippen LogP contribution in [0.25, 0.3) is 85.4 Å². The molecule has 5 aromatic carbocycles. The fraction of sp³-hybridized carbons (Fsp3) is 0.0500. The molecule has 6 heterocycles. The van der Waals surface area contributed by atoms with Gasteiger partial charge in [0.25, 0.3) is 23.6 Å². The van der Waals surface area contributed by atoms with Crippen LogP contribution in [-0.4, -0.2) is 65.0 Å². The van der Waals surface area contributed by atoms with Crippen LogP contribution in [0, 0.1) is 0 Å². The molecule has 0 bridgehead atoms. The average molecular weight is 777 g/mol. The zero-order chi connectivity index (χ0) is 36.6. The van der Waals surface area contributed by atoms with Crippen molar-refractivity contribution in [3.8, 4) is 43.1 Å². The van der Waals surface area contributed by atoms with Crippen molar-refractivity contribution in [2.24, 2.45) is 0 Å². The van der Waals surface area contributed by atoms with Gasteiger partial charge >= 0.3 is 0 Å². The molecule has 0 atom stereocenters. The summed E-state index contributed by atoms with van der Waals surface area (Å²) in [7, 11) is 3.00. The molecule has 9 aromatic rings. The summed E-state index contributed by atoms with van der Waals surface area (Å²) in [5.41, 5.74) is 10.1. The lowest BCUT2D eigenvalue weighted by molar-refractivity contribution is 0.0678. The number of rotatable bonds is 4. The van der Waals surface area contributed by atoms with Crippen LogP contribution in [-0.2, 0) is 0 Å². The van der Waals surface area contributed by atoms with Crippen LogP contribution in [0.3, 0.4) is 0 Å². The first-order valence-electron chi connectivity index (χ1n) is 16.7. The van der Waals surface area contributed by atoms with Gasteiger partial charge in [-0.25, -0.2) is 0 Å². The highest BCUT2D eigenvalue weighted by molar-refractivity contribution is 7.24. The Hall–Kier alpha value is -6.06. The molecule has 0 saturated carbocycles. The molecule has 54 heavy (non-hydrogen) atoms. The second-order valence-corrected chi connectivity index (χ2v) is 16.5. The van der Waals surface area contributed by atoms with Crippen molar-refractivity contribution in [1.29, 1.82) is 0 Å². The summed E-state index contributed by atoms with van der Waals surface area (Å²) in [4.78, 5) is 54.7. The van der Waals surface area contributed by atoms with Crippen LogP contribution < -0.4 is 0 Å². The molecule has 2 aliphatic heterocycles. The summed E-state index contributed by atoms with van der Waals surface area (Å²) < 4.78 is 21.0. The average Bonchev–Trinajstić information content (AvgIpc) is 4.05. The molecule has 0 fully saturated rings. The van der Waals surface area contributed by atoms with E-state index in [0.717, 1.165) is 119 Å². The third-order valence-electron chi connectivity index (χ3n) is 10.3. The van der Waals surface area contributed by atoms with Gasteiger partial charge in [-0.2, -0.15) is 17.5 Å². The third-order valence-corrected chi connectivity index (χ3v) is 13.6. The van der Waals surface area contributed by atoms with Gasteiger partial charge in [-0.3, -0.25) is 29.0 Å². The minimum absolute atomic E-state index is 0.290. The maximum atomic E-state index is 12.7. The monoisotopic (exact) mass is 776 g/mol. The molecule has 0 radical (unpaired) electrons. The minimum atomic E-state index is -0.302. The SMILES string of the molecule is CN1C(=O)c2ccc(-c3ccc(-c4cc5cc6sc(-c7ccc(-c8ccc9c(c8)C(=O)N(C)C9=O)c8nsnc78)cc6cc5s4)c4nsnc34)cc2C1=O. The zero-order valence-corrected chi connectivity index (χ0v) is 31.3. The van der Waals surface area contributed by atoms with Crippen LogP contribution in [0.15, 0.2) is 84.9 Å². The first kappa shape index (κ1) is 31.5. The molecule has 0 spiro atoms. The topological polar surface area (TPSA) is 126 Å². The molecule has 4 aromatic heterocycles. The Labute approximate surface area is 321 Å². The van der Waals surface area contributed by atoms with Crippen molar-refractivity contribution >= 4 is 112 Å². The van der Waals surface area contributed by atoms with E-state index >= 15 is 0 Å². The highest BCUT2D eigenvalue weighted by Gasteiger charge is 2.34. The van der Waals surface area contributed by atoms with Crippen molar-refractivity contribution in [1.82, 2.24) is 27.3 Å². The van der Waals surface area contributed by atoms with E-state index in [2.05, 4.69) is 45.1 Å². The van der Waals surface area contributed by atoms with E-state index < -0.39 is 0 Å². The van der Waals surface area contributed by atoms with Gasteiger partial charge in [-0.15, -0.1) is 22.7 Å². The molecular weight excluding hydrogens is 757 g/mol. The lowest BCUT2D eigenvalue weighted by Crippen LogP contribution is -2.24. The predicted molar refractivity (Wildman–Crippen MR) is 214 cm³/mol. The number of amides is 4. The lowest BCUT2D eigenvalue weighted by Gasteiger charge is -2.07. The number of imide groups is 2. The number of hydrogen-bond donors (Lipinski definition) is 0. The molecule has 4 amide bonds. The van der Waals surface area contributed by atoms with E-state index in [-0.39, 0.29) is 23.6 Å². The largest absolute Gasteiger partial charge is 0.277 e. The molecule has 258 valence electrons. The van der Waals surface area contributed by atoms with Crippen LogP contribution in [0.4, 0.5) is 0 Å². The summed E-state index contributed by atoms with van der Waals surface area (Å²) in [6, 6.07) is 27.7. The smallest absolute Gasteiger partial charge is 0.261 e. The Bertz CT molecular complexity index is 2950. The van der Waals surface area contributed by atoms with Crippen molar-refractivity contribution in [2.75, 3.05) is 14.1 Å². The van der Waals surface area contributed by atoms with Crippen molar-refractivity contribution in [3.05, 3.63) is 107 Å². The van der Waals surface area contributed by atoms with E-state index in [1.807, 2.05) is 24.3 Å². The van der Waals surface area contributed by atoms with Gasteiger partial charge in [0.2, 0.25) is 0 Å². The van der Waals surface area contributed by atoms with Crippen molar-refractivity contribution in [3.63, 3.8) is 0 Å². The molecular formula is C40H20N6O4S4. The van der Waals surface area contributed by atoms with Gasteiger partial charge < -0.3 is 0 Å². The van der Waals surface area contributed by atoms with Crippen molar-refractivity contribution < 1.29 is 19.2 Å². The second-order valence-electron chi connectivity index (χ2n) is 13.3. The fourth-order valence-corrected chi connectivity index (χ4v) is 10.9. The Balaban J connectivity index is 0.943. The quantitative estimate of drug-likeness (QED) is 0.162. The maximum absolute atomic E-state index is 12.7. The lowest BCUT2D eigenvalue weighted by atomic mass is 9.97. The normalized spacial score (nSPS) is 14.2. The molecule has 0 unspecified atom stereocenters. The third kappa shape index (κ3) is 4.36. The number of hydrogen-bond acceptors (Lipinski definition) is 12. The molecule has 0 saturated heterocycles. The van der Waals surface area contributed by atoms with Gasteiger partial charge in [-0.1, -0.05) is 36.4 Å². The molecule has 11 rings (SSSR count). The van der Waals surface area contributed by atoms with Crippen LogP contribution in [0.1, 0.15) is 41.4 Å². The molecule has 0 N–H and O–H groups in total. The highest BCUT2D eigenvalue weighted by atomic mass is 32.1. The number of carbonyl (C=O) groups excluding carboxylic acids is 4. The number of carbonyl (C=O) groups is 4. The van der Waals surface area contributed by atoms with Gasteiger partial charge in [0, 0.05) is 55.5 Å². The van der Waals surface area contributed by atoms with E-state index in [1.54, 1.807) is 46.9 Å². The highest BCUT2D eigenvalue weighted by Crippen LogP contribution is 2.45. The Kier molecular flexibility index (Phi) is 6.54. The van der Waals surface area contributed by atoms with Crippen molar-refractivity contribution in [2.45, 2.75) is 0 Å². The number of nitrogens with zero attached hydrogens (tertiary/aromatic N) is 6. The summed E-state index contributed by atoms with van der Waals surface area (Å²) in [6.07, 6.45) is 0. The van der Waals surface area contributed by atoms with E-state index in [0.29, 0.717) is 22.3 Å². The molecule has 2 aliphatic rings. The zero-order valence-electron chi connectivity index (χ0n) is 28.0.